The second-order valence-corrected chi connectivity index (χ2v) is 4.01. The Morgan fingerprint density at radius 2 is 1.58 bits per heavy atom. The van der Waals surface area contributed by atoms with Gasteiger partial charge in [0.2, 0.25) is 0 Å². The highest BCUT2D eigenvalue weighted by molar-refractivity contribution is 5.81. The van der Waals surface area contributed by atoms with Gasteiger partial charge in [-0.25, -0.2) is 4.79 Å². The van der Waals surface area contributed by atoms with Crippen LogP contribution in [0, 0.1) is 0 Å². The summed E-state index contributed by atoms with van der Waals surface area (Å²) in [5.74, 6) is -0.944. The van der Waals surface area contributed by atoms with Crippen molar-refractivity contribution >= 4 is 12.0 Å². The van der Waals surface area contributed by atoms with E-state index in [1.165, 1.54) is 6.08 Å². The summed E-state index contributed by atoms with van der Waals surface area (Å²) in [6.07, 6.45) is 6.27. The van der Waals surface area contributed by atoms with Crippen LogP contribution in [0.25, 0.3) is 17.2 Å². The zero-order valence-electron chi connectivity index (χ0n) is 10.4. The van der Waals surface area contributed by atoms with Crippen LogP contribution in [0.2, 0.25) is 0 Å². The van der Waals surface area contributed by atoms with Crippen LogP contribution in [-0.4, -0.2) is 11.1 Å². The van der Waals surface area contributed by atoms with Gasteiger partial charge in [0.05, 0.1) is 0 Å². The summed E-state index contributed by atoms with van der Waals surface area (Å²) in [6, 6.07) is 18.1. The fraction of sp³-hybridized carbons (Fsp3) is 0. The zero-order chi connectivity index (χ0) is 13.5. The molecule has 1 N–H and O–H groups in total. The molecule has 0 amide bonds. The van der Waals surface area contributed by atoms with Crippen LogP contribution in [-0.2, 0) is 4.79 Å². The minimum atomic E-state index is -0.944. The summed E-state index contributed by atoms with van der Waals surface area (Å²) in [6.45, 7) is 0. The van der Waals surface area contributed by atoms with Crippen molar-refractivity contribution in [1.82, 2.24) is 0 Å². The average molecular weight is 250 g/mol. The number of hydrogen-bond donors (Lipinski definition) is 1. The van der Waals surface area contributed by atoms with Crippen LogP contribution in [0.1, 0.15) is 5.56 Å². The SMILES string of the molecule is O=C(O)/C=C/C=Cc1ccccc1-c1ccccc1. The number of carboxylic acid groups (broad SMARTS) is 1. The van der Waals surface area contributed by atoms with Crippen LogP contribution in [0.5, 0.6) is 0 Å². The molecule has 2 aromatic rings. The van der Waals surface area contributed by atoms with E-state index in [1.54, 1.807) is 6.08 Å². The van der Waals surface area contributed by atoms with Gasteiger partial charge in [-0.15, -0.1) is 0 Å². The van der Waals surface area contributed by atoms with Gasteiger partial charge in [-0.3, -0.25) is 0 Å². The smallest absolute Gasteiger partial charge is 0.328 e. The molecule has 2 nitrogen and oxygen atoms in total. The molecule has 0 aliphatic rings. The van der Waals surface area contributed by atoms with Crippen LogP contribution in [0.4, 0.5) is 0 Å². The monoisotopic (exact) mass is 250 g/mol. The Morgan fingerprint density at radius 3 is 2.32 bits per heavy atom. The third-order valence-corrected chi connectivity index (χ3v) is 2.67. The largest absolute Gasteiger partial charge is 0.478 e. The average Bonchev–Trinajstić information content (AvgIpc) is 2.45. The first kappa shape index (κ1) is 12.8. The summed E-state index contributed by atoms with van der Waals surface area (Å²) < 4.78 is 0. The first-order chi connectivity index (χ1) is 9.27. The summed E-state index contributed by atoms with van der Waals surface area (Å²) in [5.41, 5.74) is 3.33. The minimum absolute atomic E-state index is 0.944. The Balaban J connectivity index is 2.30. The molecule has 94 valence electrons. The molecule has 0 aromatic heterocycles. The van der Waals surface area contributed by atoms with Crippen molar-refractivity contribution in [2.75, 3.05) is 0 Å². The standard InChI is InChI=1S/C17H14O2/c18-17(19)13-7-5-11-15-10-4-6-12-16(15)14-8-2-1-3-9-14/h1-13H,(H,18,19)/b11-5?,13-7+. The molecule has 2 heteroatoms. The molecule has 0 unspecified atom stereocenters. The first-order valence-electron chi connectivity index (χ1n) is 5.99. The van der Waals surface area contributed by atoms with Gasteiger partial charge >= 0.3 is 5.97 Å². The first-order valence-corrected chi connectivity index (χ1v) is 5.99. The molecule has 2 rings (SSSR count). The van der Waals surface area contributed by atoms with Crippen molar-refractivity contribution in [2.24, 2.45) is 0 Å². The van der Waals surface area contributed by atoms with Gasteiger partial charge in [-0.1, -0.05) is 72.8 Å². The molecule has 0 bridgehead atoms. The van der Waals surface area contributed by atoms with Crippen LogP contribution < -0.4 is 0 Å². The number of benzene rings is 2. The normalized spacial score (nSPS) is 11.2. The molecular weight excluding hydrogens is 236 g/mol. The fourth-order valence-electron chi connectivity index (χ4n) is 1.82. The number of rotatable bonds is 4. The number of allylic oxidation sites excluding steroid dienone is 2. The summed E-state index contributed by atoms with van der Waals surface area (Å²) in [7, 11) is 0. The molecule has 0 saturated carbocycles. The van der Waals surface area contributed by atoms with Gasteiger partial charge < -0.3 is 5.11 Å². The second kappa shape index (κ2) is 6.36. The molecule has 0 spiro atoms. The van der Waals surface area contributed by atoms with Crippen molar-refractivity contribution in [2.45, 2.75) is 0 Å². The second-order valence-electron chi connectivity index (χ2n) is 4.01. The van der Waals surface area contributed by atoms with Crippen LogP contribution in [0.15, 0.2) is 72.8 Å². The highest BCUT2D eigenvalue weighted by Gasteiger charge is 2.00. The van der Waals surface area contributed by atoms with Crippen LogP contribution >= 0.6 is 0 Å². The molecule has 2 aromatic carbocycles. The molecular formula is C17H14O2. The predicted octanol–water partition coefficient (Wildman–Crippen LogP) is 4.01. The van der Waals surface area contributed by atoms with Gasteiger partial charge in [0.1, 0.15) is 0 Å². The highest BCUT2D eigenvalue weighted by atomic mass is 16.4. The van der Waals surface area contributed by atoms with E-state index in [9.17, 15) is 4.79 Å². The van der Waals surface area contributed by atoms with Crippen molar-refractivity contribution in [3.63, 3.8) is 0 Å². The molecule has 0 saturated heterocycles. The number of hydrogen-bond acceptors (Lipinski definition) is 1. The van der Waals surface area contributed by atoms with Gasteiger partial charge in [0, 0.05) is 6.08 Å². The summed E-state index contributed by atoms with van der Waals surface area (Å²) >= 11 is 0. The number of carboxylic acids is 1. The summed E-state index contributed by atoms with van der Waals surface area (Å²) in [4.78, 5) is 10.4. The van der Waals surface area contributed by atoms with E-state index in [-0.39, 0.29) is 0 Å². The molecule has 0 heterocycles. The molecule has 0 atom stereocenters. The van der Waals surface area contributed by atoms with Gasteiger partial charge in [-0.2, -0.15) is 0 Å². The maximum Gasteiger partial charge on any atom is 0.328 e. The summed E-state index contributed by atoms with van der Waals surface area (Å²) in [5, 5.41) is 8.52. The van der Waals surface area contributed by atoms with E-state index in [2.05, 4.69) is 18.2 Å². The Labute approximate surface area is 112 Å². The van der Waals surface area contributed by atoms with E-state index in [0.29, 0.717) is 0 Å². The van der Waals surface area contributed by atoms with Crippen molar-refractivity contribution in [3.05, 3.63) is 78.4 Å². The third-order valence-electron chi connectivity index (χ3n) is 2.67. The van der Waals surface area contributed by atoms with Crippen molar-refractivity contribution in [1.29, 1.82) is 0 Å². The van der Waals surface area contributed by atoms with Gasteiger partial charge in [0.15, 0.2) is 0 Å². The Morgan fingerprint density at radius 1 is 0.895 bits per heavy atom. The maximum atomic E-state index is 10.4. The van der Waals surface area contributed by atoms with E-state index in [4.69, 9.17) is 5.11 Å². The van der Waals surface area contributed by atoms with E-state index >= 15 is 0 Å². The molecule has 0 aliphatic heterocycles. The maximum absolute atomic E-state index is 10.4. The van der Waals surface area contributed by atoms with E-state index in [1.807, 2.05) is 42.5 Å². The van der Waals surface area contributed by atoms with E-state index < -0.39 is 5.97 Å². The molecule has 0 fully saturated rings. The fourth-order valence-corrected chi connectivity index (χ4v) is 1.82. The lowest BCUT2D eigenvalue weighted by molar-refractivity contribution is -0.131. The Kier molecular flexibility index (Phi) is 4.29. The number of carbonyl (C=O) groups is 1. The zero-order valence-corrected chi connectivity index (χ0v) is 10.4. The Bertz CT molecular complexity index is 610. The topological polar surface area (TPSA) is 37.3 Å². The lowest BCUT2D eigenvalue weighted by Crippen LogP contribution is -1.84. The minimum Gasteiger partial charge on any atom is -0.478 e. The van der Waals surface area contributed by atoms with Crippen LogP contribution in [0.3, 0.4) is 0 Å². The molecule has 0 radical (unpaired) electrons. The van der Waals surface area contributed by atoms with Gasteiger partial charge in [0.25, 0.3) is 0 Å². The lowest BCUT2D eigenvalue weighted by Gasteiger charge is -2.05. The van der Waals surface area contributed by atoms with Crippen molar-refractivity contribution < 1.29 is 9.90 Å². The van der Waals surface area contributed by atoms with Gasteiger partial charge in [-0.05, 0) is 16.7 Å². The lowest BCUT2D eigenvalue weighted by atomic mass is 9.99. The quantitative estimate of drug-likeness (QED) is 0.657. The highest BCUT2D eigenvalue weighted by Crippen LogP contribution is 2.24. The molecule has 0 aliphatic carbocycles. The van der Waals surface area contributed by atoms with E-state index in [0.717, 1.165) is 22.8 Å². The van der Waals surface area contributed by atoms with Crippen molar-refractivity contribution in [3.8, 4) is 11.1 Å². The molecule has 19 heavy (non-hydrogen) atoms. The predicted molar refractivity (Wildman–Crippen MR) is 77.7 cm³/mol. The Hall–Kier alpha value is -2.61. The third kappa shape index (κ3) is 3.68. The number of aliphatic carboxylic acids is 1.